The van der Waals surface area contributed by atoms with Crippen molar-refractivity contribution in [3.8, 4) is 0 Å². The Hall–Kier alpha value is -1.51. The molecule has 1 atom stereocenters. The van der Waals surface area contributed by atoms with Crippen molar-refractivity contribution in [1.29, 1.82) is 0 Å². The van der Waals surface area contributed by atoms with Crippen LogP contribution in [-0.4, -0.2) is 6.54 Å². The number of nitrogens with one attached hydrogen (secondary N) is 1. The van der Waals surface area contributed by atoms with Crippen molar-refractivity contribution in [2.45, 2.75) is 45.7 Å². The van der Waals surface area contributed by atoms with Crippen LogP contribution in [0.3, 0.4) is 0 Å². The molecule has 0 unspecified atom stereocenters. The number of rotatable bonds is 5. The van der Waals surface area contributed by atoms with Gasteiger partial charge in [0.25, 0.3) is 0 Å². The lowest BCUT2D eigenvalue weighted by molar-refractivity contribution is 0.549. The number of benzene rings is 1. The molecular formula is C15H22N4. The Labute approximate surface area is 114 Å². The molecule has 2 rings (SSSR count). The van der Waals surface area contributed by atoms with E-state index in [1.54, 1.807) is 0 Å². The van der Waals surface area contributed by atoms with E-state index in [1.807, 2.05) is 0 Å². The number of nitrogens with zero attached hydrogens (tertiary/aromatic N) is 3. The molecule has 4 nitrogen and oxygen atoms in total. The molecule has 0 aromatic heterocycles. The van der Waals surface area contributed by atoms with Crippen LogP contribution in [0, 0.1) is 5.92 Å². The number of fused-ring (bicyclic) bond motifs is 1. The first kappa shape index (κ1) is 13.9. The van der Waals surface area contributed by atoms with Gasteiger partial charge in [0, 0.05) is 11.5 Å². The van der Waals surface area contributed by atoms with Gasteiger partial charge in [-0.05, 0) is 53.9 Å². The minimum Gasteiger partial charge on any atom is -0.312 e. The van der Waals surface area contributed by atoms with Crippen LogP contribution in [0.4, 0.5) is 0 Å². The number of aryl methyl sites for hydroxylation is 1. The minimum atomic E-state index is 0.0337. The van der Waals surface area contributed by atoms with Gasteiger partial charge in [-0.1, -0.05) is 37.2 Å². The summed E-state index contributed by atoms with van der Waals surface area (Å²) in [5.74, 6) is 0.673. The van der Waals surface area contributed by atoms with Crippen molar-refractivity contribution in [3.63, 3.8) is 0 Å². The fraction of sp³-hybridized carbons (Fsp3) is 0.600. The smallest absolute Gasteiger partial charge is 0.0628 e. The second-order valence-corrected chi connectivity index (χ2v) is 5.67. The van der Waals surface area contributed by atoms with Crippen LogP contribution >= 0.6 is 0 Å². The van der Waals surface area contributed by atoms with Gasteiger partial charge in [0.15, 0.2) is 0 Å². The Morgan fingerprint density at radius 2 is 2.32 bits per heavy atom. The molecule has 1 aliphatic rings. The van der Waals surface area contributed by atoms with Gasteiger partial charge in [-0.2, -0.15) is 0 Å². The van der Waals surface area contributed by atoms with E-state index in [1.165, 1.54) is 16.7 Å². The summed E-state index contributed by atoms with van der Waals surface area (Å²) in [5, 5.41) is 7.37. The molecule has 0 heterocycles. The van der Waals surface area contributed by atoms with Crippen molar-refractivity contribution in [2.75, 3.05) is 6.54 Å². The monoisotopic (exact) mass is 258 g/mol. The summed E-state index contributed by atoms with van der Waals surface area (Å²) < 4.78 is 0. The zero-order chi connectivity index (χ0) is 13.7. The Kier molecular flexibility index (Phi) is 4.83. The standard InChI is InChI=1S/C15H22N4/c1-11(2)9-17-10-12-6-7-14-13(8-12)4-3-5-15(14)18-19-16/h6-8,11,15,17H,3-5,9-10H2,1-2H3/t15-/m1/s1. The Balaban J connectivity index is 2.08. The molecule has 4 heteroatoms. The van der Waals surface area contributed by atoms with Crippen LogP contribution < -0.4 is 5.32 Å². The quantitative estimate of drug-likeness (QED) is 0.482. The number of azide groups is 1. The summed E-state index contributed by atoms with van der Waals surface area (Å²) >= 11 is 0. The molecule has 0 aliphatic heterocycles. The largest absolute Gasteiger partial charge is 0.312 e. The van der Waals surface area contributed by atoms with Gasteiger partial charge in [0.1, 0.15) is 0 Å². The average Bonchev–Trinajstić information content (AvgIpc) is 2.39. The highest BCUT2D eigenvalue weighted by Gasteiger charge is 2.18. The van der Waals surface area contributed by atoms with Crippen molar-refractivity contribution < 1.29 is 0 Å². The molecule has 0 radical (unpaired) electrons. The van der Waals surface area contributed by atoms with Crippen molar-refractivity contribution in [3.05, 3.63) is 45.3 Å². The highest BCUT2D eigenvalue weighted by molar-refractivity contribution is 5.36. The van der Waals surface area contributed by atoms with Crippen molar-refractivity contribution in [2.24, 2.45) is 11.0 Å². The predicted octanol–water partition coefficient (Wildman–Crippen LogP) is 4.12. The zero-order valence-electron chi connectivity index (χ0n) is 11.8. The van der Waals surface area contributed by atoms with E-state index in [0.717, 1.165) is 32.4 Å². The highest BCUT2D eigenvalue weighted by atomic mass is 15.1. The second kappa shape index (κ2) is 6.60. The first-order chi connectivity index (χ1) is 9.20. The van der Waals surface area contributed by atoms with E-state index in [-0.39, 0.29) is 6.04 Å². The fourth-order valence-corrected chi connectivity index (χ4v) is 2.64. The summed E-state index contributed by atoms with van der Waals surface area (Å²) in [6, 6.07) is 6.59. The van der Waals surface area contributed by atoms with E-state index in [2.05, 4.69) is 47.4 Å². The lowest BCUT2D eigenvalue weighted by atomic mass is 9.87. The van der Waals surface area contributed by atoms with Crippen molar-refractivity contribution in [1.82, 2.24) is 5.32 Å². The van der Waals surface area contributed by atoms with E-state index < -0.39 is 0 Å². The zero-order valence-corrected chi connectivity index (χ0v) is 11.8. The molecule has 0 spiro atoms. The molecule has 102 valence electrons. The van der Waals surface area contributed by atoms with E-state index >= 15 is 0 Å². The second-order valence-electron chi connectivity index (χ2n) is 5.67. The van der Waals surface area contributed by atoms with Crippen LogP contribution in [0.5, 0.6) is 0 Å². The predicted molar refractivity (Wildman–Crippen MR) is 77.8 cm³/mol. The highest BCUT2D eigenvalue weighted by Crippen LogP contribution is 2.33. The molecule has 0 fully saturated rings. The van der Waals surface area contributed by atoms with Crippen LogP contribution in [-0.2, 0) is 13.0 Å². The molecule has 1 aromatic carbocycles. The summed E-state index contributed by atoms with van der Waals surface area (Å²) in [6.45, 7) is 6.38. The lowest BCUT2D eigenvalue weighted by Gasteiger charge is -2.22. The fourth-order valence-electron chi connectivity index (χ4n) is 2.64. The molecule has 1 N–H and O–H groups in total. The van der Waals surface area contributed by atoms with Gasteiger partial charge in [-0.25, -0.2) is 0 Å². The average molecular weight is 258 g/mol. The van der Waals surface area contributed by atoms with Gasteiger partial charge in [-0.15, -0.1) is 0 Å². The number of hydrogen-bond acceptors (Lipinski definition) is 2. The van der Waals surface area contributed by atoms with Crippen LogP contribution in [0.15, 0.2) is 23.3 Å². The van der Waals surface area contributed by atoms with Crippen molar-refractivity contribution >= 4 is 0 Å². The number of hydrogen-bond donors (Lipinski definition) is 1. The molecule has 0 saturated carbocycles. The SMILES string of the molecule is CC(C)CNCc1ccc2c(c1)CCC[C@H]2N=[N+]=[N-]. The van der Waals surface area contributed by atoms with Crippen LogP contribution in [0.2, 0.25) is 0 Å². The van der Waals surface area contributed by atoms with E-state index in [0.29, 0.717) is 5.92 Å². The molecule has 0 saturated heterocycles. The minimum absolute atomic E-state index is 0.0337. The first-order valence-corrected chi connectivity index (χ1v) is 7.07. The molecule has 19 heavy (non-hydrogen) atoms. The van der Waals surface area contributed by atoms with Gasteiger partial charge >= 0.3 is 0 Å². The molecule has 1 aliphatic carbocycles. The first-order valence-electron chi connectivity index (χ1n) is 7.07. The Morgan fingerprint density at radius 1 is 1.47 bits per heavy atom. The summed E-state index contributed by atoms with van der Waals surface area (Å²) in [4.78, 5) is 2.96. The summed E-state index contributed by atoms with van der Waals surface area (Å²) in [6.07, 6.45) is 3.19. The summed E-state index contributed by atoms with van der Waals surface area (Å²) in [5.41, 5.74) is 12.5. The van der Waals surface area contributed by atoms with Crippen LogP contribution in [0.1, 0.15) is 49.4 Å². The van der Waals surface area contributed by atoms with E-state index in [4.69, 9.17) is 5.53 Å². The van der Waals surface area contributed by atoms with Gasteiger partial charge < -0.3 is 5.32 Å². The molecule has 0 bridgehead atoms. The van der Waals surface area contributed by atoms with E-state index in [9.17, 15) is 0 Å². The van der Waals surface area contributed by atoms with Gasteiger partial charge in [-0.3, -0.25) is 0 Å². The van der Waals surface area contributed by atoms with Gasteiger partial charge in [0.05, 0.1) is 6.04 Å². The topological polar surface area (TPSA) is 60.8 Å². The van der Waals surface area contributed by atoms with Crippen LogP contribution in [0.25, 0.3) is 10.4 Å². The maximum atomic E-state index is 8.62. The lowest BCUT2D eigenvalue weighted by Crippen LogP contribution is -2.19. The molecular weight excluding hydrogens is 236 g/mol. The third kappa shape index (κ3) is 3.72. The maximum Gasteiger partial charge on any atom is 0.0628 e. The Morgan fingerprint density at radius 3 is 3.05 bits per heavy atom. The molecule has 0 amide bonds. The maximum absolute atomic E-state index is 8.62. The third-order valence-corrected chi connectivity index (χ3v) is 3.56. The Bertz CT molecular complexity index is 475. The summed E-state index contributed by atoms with van der Waals surface area (Å²) in [7, 11) is 0. The van der Waals surface area contributed by atoms with Gasteiger partial charge in [0.2, 0.25) is 0 Å². The third-order valence-electron chi connectivity index (χ3n) is 3.56. The molecule has 1 aromatic rings. The normalized spacial score (nSPS) is 17.9.